The topological polar surface area (TPSA) is 49.4 Å². The van der Waals surface area contributed by atoms with Gasteiger partial charge in [0, 0.05) is 18.3 Å². The average Bonchev–Trinajstić information content (AvgIpc) is 2.17. The van der Waals surface area contributed by atoms with Crippen molar-refractivity contribution >= 4 is 9.84 Å². The van der Waals surface area contributed by atoms with Crippen LogP contribution in [-0.4, -0.2) is 57.5 Å². The van der Waals surface area contributed by atoms with E-state index in [4.69, 9.17) is 0 Å². The minimum Gasteiger partial charge on any atom is -0.314 e. The summed E-state index contributed by atoms with van der Waals surface area (Å²) < 4.78 is 21.9. The summed E-state index contributed by atoms with van der Waals surface area (Å²) in [5, 5.41) is 3.45. The lowest BCUT2D eigenvalue weighted by Gasteiger charge is -2.35. The van der Waals surface area contributed by atoms with Gasteiger partial charge in [0.25, 0.3) is 0 Å². The third kappa shape index (κ3) is 5.27. The van der Waals surface area contributed by atoms with Crippen molar-refractivity contribution in [3.05, 3.63) is 0 Å². The van der Waals surface area contributed by atoms with Crippen LogP contribution >= 0.6 is 0 Å². The number of rotatable bonds is 5. The molecular weight excluding hydrogens is 224 g/mol. The maximum Gasteiger partial charge on any atom is 0.147 e. The zero-order valence-corrected chi connectivity index (χ0v) is 11.4. The third-order valence-electron chi connectivity index (χ3n) is 3.33. The van der Waals surface area contributed by atoms with Gasteiger partial charge in [-0.25, -0.2) is 8.42 Å². The van der Waals surface area contributed by atoms with Gasteiger partial charge in [-0.3, -0.25) is 0 Å². The molecule has 1 fully saturated rings. The monoisotopic (exact) mass is 248 g/mol. The molecule has 1 N–H and O–H groups in total. The van der Waals surface area contributed by atoms with Crippen molar-refractivity contribution in [3.8, 4) is 0 Å². The van der Waals surface area contributed by atoms with E-state index in [-0.39, 0.29) is 0 Å². The number of hydrogen-bond acceptors (Lipinski definition) is 4. The predicted molar refractivity (Wildman–Crippen MR) is 67.4 cm³/mol. The molecular formula is C11H24N2O2S. The molecule has 0 radical (unpaired) electrons. The first-order valence-electron chi connectivity index (χ1n) is 6.00. The van der Waals surface area contributed by atoms with Crippen LogP contribution in [0.25, 0.3) is 0 Å². The Labute approximate surface area is 99.3 Å². The molecule has 0 saturated carbocycles. The van der Waals surface area contributed by atoms with Crippen LogP contribution in [0.2, 0.25) is 0 Å². The van der Waals surface area contributed by atoms with Gasteiger partial charge in [0.05, 0.1) is 5.75 Å². The second-order valence-corrected chi connectivity index (χ2v) is 7.25. The smallest absolute Gasteiger partial charge is 0.147 e. The summed E-state index contributed by atoms with van der Waals surface area (Å²) in [4.78, 5) is 2.37. The Balaban J connectivity index is 2.14. The van der Waals surface area contributed by atoms with E-state index in [2.05, 4.69) is 24.2 Å². The van der Waals surface area contributed by atoms with Crippen LogP contribution in [0.1, 0.15) is 26.2 Å². The van der Waals surface area contributed by atoms with Gasteiger partial charge in [0.1, 0.15) is 9.84 Å². The van der Waals surface area contributed by atoms with Crippen LogP contribution in [0, 0.1) is 0 Å². The van der Waals surface area contributed by atoms with Crippen LogP contribution in [0.5, 0.6) is 0 Å². The lowest BCUT2D eigenvalue weighted by Crippen LogP contribution is -2.45. The summed E-state index contributed by atoms with van der Waals surface area (Å²) in [5.74, 6) is 0.294. The molecule has 2 atom stereocenters. The molecule has 1 heterocycles. The van der Waals surface area contributed by atoms with Gasteiger partial charge >= 0.3 is 0 Å². The van der Waals surface area contributed by atoms with Gasteiger partial charge in [-0.1, -0.05) is 0 Å². The fourth-order valence-corrected chi connectivity index (χ4v) is 2.78. The second-order valence-electron chi connectivity index (χ2n) is 4.99. The van der Waals surface area contributed by atoms with E-state index < -0.39 is 9.84 Å². The highest BCUT2D eigenvalue weighted by molar-refractivity contribution is 7.90. The average molecular weight is 248 g/mol. The molecule has 0 aliphatic carbocycles. The van der Waals surface area contributed by atoms with Crippen molar-refractivity contribution < 1.29 is 8.42 Å². The summed E-state index contributed by atoms with van der Waals surface area (Å²) in [6, 6.07) is 1.19. The maximum atomic E-state index is 10.9. The Morgan fingerprint density at radius 1 is 1.44 bits per heavy atom. The van der Waals surface area contributed by atoms with Crippen LogP contribution in [-0.2, 0) is 9.84 Å². The van der Waals surface area contributed by atoms with E-state index in [1.807, 2.05) is 0 Å². The van der Waals surface area contributed by atoms with Gasteiger partial charge in [0.15, 0.2) is 0 Å². The Bertz CT molecular complexity index is 303. The highest BCUT2D eigenvalue weighted by Gasteiger charge is 2.21. The van der Waals surface area contributed by atoms with Crippen molar-refractivity contribution in [1.82, 2.24) is 10.2 Å². The molecule has 1 rings (SSSR count). The first-order valence-corrected chi connectivity index (χ1v) is 8.06. The van der Waals surface area contributed by atoms with E-state index >= 15 is 0 Å². The molecule has 2 unspecified atom stereocenters. The molecule has 96 valence electrons. The molecule has 0 aromatic carbocycles. The molecule has 0 amide bonds. The van der Waals surface area contributed by atoms with Crippen LogP contribution in [0.3, 0.4) is 0 Å². The number of nitrogens with one attached hydrogen (secondary N) is 1. The Morgan fingerprint density at radius 3 is 2.69 bits per heavy atom. The van der Waals surface area contributed by atoms with Crippen molar-refractivity contribution in [1.29, 1.82) is 0 Å². The summed E-state index contributed by atoms with van der Waals surface area (Å²) >= 11 is 0. The minimum absolute atomic E-state index is 0.294. The Morgan fingerprint density at radius 2 is 2.12 bits per heavy atom. The highest BCUT2D eigenvalue weighted by atomic mass is 32.2. The molecule has 1 aliphatic rings. The normalized spacial score (nSPS) is 28.2. The fourth-order valence-electron chi connectivity index (χ4n) is 2.12. The molecule has 0 bridgehead atoms. The van der Waals surface area contributed by atoms with Crippen molar-refractivity contribution in [2.24, 2.45) is 0 Å². The van der Waals surface area contributed by atoms with E-state index in [0.717, 1.165) is 25.9 Å². The maximum absolute atomic E-state index is 10.9. The van der Waals surface area contributed by atoms with Crippen molar-refractivity contribution in [3.63, 3.8) is 0 Å². The van der Waals surface area contributed by atoms with Gasteiger partial charge in [-0.05, 0) is 46.3 Å². The summed E-state index contributed by atoms with van der Waals surface area (Å²) in [6.45, 7) is 4.18. The van der Waals surface area contributed by atoms with E-state index in [0.29, 0.717) is 17.8 Å². The number of nitrogens with zero attached hydrogens (tertiary/aromatic N) is 1. The molecule has 4 nitrogen and oxygen atoms in total. The van der Waals surface area contributed by atoms with Crippen molar-refractivity contribution in [2.75, 3.05) is 32.1 Å². The van der Waals surface area contributed by atoms with E-state index in [9.17, 15) is 8.42 Å². The predicted octanol–water partition coefficient (Wildman–Crippen LogP) is 0.493. The third-order valence-corrected chi connectivity index (χ3v) is 4.36. The molecule has 0 aromatic heterocycles. The molecule has 0 spiro atoms. The molecule has 16 heavy (non-hydrogen) atoms. The summed E-state index contributed by atoms with van der Waals surface area (Å²) in [7, 11) is -0.638. The van der Waals surface area contributed by atoms with Crippen LogP contribution in [0.15, 0.2) is 0 Å². The molecule has 0 aromatic rings. The summed E-state index contributed by atoms with van der Waals surface area (Å²) in [5.41, 5.74) is 0. The lowest BCUT2D eigenvalue weighted by atomic mass is 9.99. The summed E-state index contributed by atoms with van der Waals surface area (Å²) in [6.07, 6.45) is 4.35. The van der Waals surface area contributed by atoms with Gasteiger partial charge in [-0.2, -0.15) is 0 Å². The number of hydrogen-bond donors (Lipinski definition) is 1. The Kier molecular flexibility index (Phi) is 5.21. The minimum atomic E-state index is -2.79. The lowest BCUT2D eigenvalue weighted by molar-refractivity contribution is 0.169. The number of likely N-dealkylation sites (tertiary alicyclic amines) is 1. The van der Waals surface area contributed by atoms with Gasteiger partial charge < -0.3 is 10.2 Å². The molecule has 1 aliphatic heterocycles. The van der Waals surface area contributed by atoms with Crippen molar-refractivity contribution in [2.45, 2.75) is 38.3 Å². The highest BCUT2D eigenvalue weighted by Crippen LogP contribution is 2.14. The van der Waals surface area contributed by atoms with Crippen LogP contribution in [0.4, 0.5) is 0 Å². The zero-order valence-electron chi connectivity index (χ0n) is 10.6. The fraction of sp³-hybridized carbons (Fsp3) is 1.00. The molecule has 5 heteroatoms. The second kappa shape index (κ2) is 5.98. The largest absolute Gasteiger partial charge is 0.314 e. The molecule has 1 saturated heterocycles. The van der Waals surface area contributed by atoms with Gasteiger partial charge in [-0.15, -0.1) is 0 Å². The number of sulfone groups is 1. The van der Waals surface area contributed by atoms with E-state index in [1.54, 1.807) is 0 Å². The van der Waals surface area contributed by atoms with Gasteiger partial charge in [0.2, 0.25) is 0 Å². The quantitative estimate of drug-likeness (QED) is 0.720. The first kappa shape index (κ1) is 13.9. The SMILES string of the molecule is CC1CC(NCCCS(C)(=O)=O)CCN1C. The number of piperidine rings is 1. The van der Waals surface area contributed by atoms with Crippen LogP contribution < -0.4 is 5.32 Å². The Hall–Kier alpha value is -0.130. The zero-order chi connectivity index (χ0) is 12.2. The van der Waals surface area contributed by atoms with E-state index in [1.165, 1.54) is 12.7 Å². The standard InChI is InChI=1S/C11H24N2O2S/c1-10-9-11(5-7-13(10)2)12-6-4-8-16(3,14)15/h10-12H,4-9H2,1-3H3. The first-order chi connectivity index (χ1) is 7.38.